The second-order valence-corrected chi connectivity index (χ2v) is 7.53. The van der Waals surface area contributed by atoms with Crippen molar-refractivity contribution in [2.24, 2.45) is 4.99 Å². The second-order valence-electron chi connectivity index (χ2n) is 7.53. The average Bonchev–Trinajstić information content (AvgIpc) is 3.30. The van der Waals surface area contributed by atoms with E-state index in [1.165, 1.54) is 0 Å². The number of pyridine rings is 1. The Labute approximate surface area is 168 Å². The van der Waals surface area contributed by atoms with Crippen molar-refractivity contribution >= 4 is 11.9 Å². The molecule has 3 aromatic rings. The summed E-state index contributed by atoms with van der Waals surface area (Å²) in [6, 6.07) is 4.32. The number of aromatic nitrogens is 5. The fraction of sp³-hybridized carbons (Fsp3) is 0.381. The van der Waals surface area contributed by atoms with Gasteiger partial charge in [-0.2, -0.15) is 10.1 Å². The van der Waals surface area contributed by atoms with Crippen LogP contribution in [0.2, 0.25) is 0 Å². The molecule has 4 heterocycles. The zero-order valence-electron chi connectivity index (χ0n) is 16.3. The van der Waals surface area contributed by atoms with Gasteiger partial charge < -0.3 is 9.26 Å². The molecule has 148 valence electrons. The highest BCUT2D eigenvalue weighted by Crippen LogP contribution is 2.48. The van der Waals surface area contributed by atoms with E-state index in [0.29, 0.717) is 36.7 Å². The first kappa shape index (κ1) is 17.9. The van der Waals surface area contributed by atoms with Crippen molar-refractivity contribution in [2.75, 3.05) is 13.2 Å². The maximum atomic E-state index is 5.59. The van der Waals surface area contributed by atoms with E-state index in [1.807, 2.05) is 30.1 Å². The lowest BCUT2D eigenvalue weighted by atomic mass is 9.64. The minimum atomic E-state index is -0.250. The molecule has 0 amide bonds. The van der Waals surface area contributed by atoms with E-state index in [4.69, 9.17) is 14.2 Å². The van der Waals surface area contributed by atoms with Crippen LogP contribution in [0.5, 0.6) is 0 Å². The lowest BCUT2D eigenvalue weighted by Gasteiger charge is -2.39. The van der Waals surface area contributed by atoms with Crippen molar-refractivity contribution in [1.82, 2.24) is 24.9 Å². The molecule has 1 aliphatic carbocycles. The van der Waals surface area contributed by atoms with Gasteiger partial charge in [-0.15, -0.1) is 0 Å². The van der Waals surface area contributed by atoms with Crippen LogP contribution in [-0.2, 0) is 10.2 Å². The molecule has 1 saturated heterocycles. The Kier molecular flexibility index (Phi) is 4.35. The van der Waals surface area contributed by atoms with Crippen LogP contribution < -0.4 is 0 Å². The fourth-order valence-electron chi connectivity index (χ4n) is 3.80. The van der Waals surface area contributed by atoms with Crippen molar-refractivity contribution in [2.45, 2.75) is 37.6 Å². The minimum absolute atomic E-state index is 0.250. The number of hydrogen-bond acceptors (Lipinski definition) is 7. The second kappa shape index (κ2) is 7.04. The Morgan fingerprint density at radius 1 is 1.31 bits per heavy atom. The minimum Gasteiger partial charge on any atom is -0.377 e. The van der Waals surface area contributed by atoms with Crippen LogP contribution >= 0.6 is 0 Å². The highest BCUT2D eigenvalue weighted by atomic mass is 16.5. The molecular weight excluding hydrogens is 368 g/mol. The molecule has 0 unspecified atom stereocenters. The van der Waals surface area contributed by atoms with Crippen molar-refractivity contribution in [1.29, 1.82) is 0 Å². The first-order valence-corrected chi connectivity index (χ1v) is 9.80. The van der Waals surface area contributed by atoms with E-state index in [9.17, 15) is 0 Å². The standard InChI is InChI=1S/C21H22N6O2/c1-3-22-14(2)18-6-5-16(10-23-18)21(7-4-8-21)20-25-19(29-26-20)15-9-24-27(11-15)17-12-28-13-17/h3,5-6,9-11,17H,2,4,7-8,12-13H2,1H3. The lowest BCUT2D eigenvalue weighted by Crippen LogP contribution is -2.36. The van der Waals surface area contributed by atoms with Gasteiger partial charge in [-0.3, -0.25) is 14.7 Å². The Hall–Kier alpha value is -3.13. The third kappa shape index (κ3) is 3.00. The maximum Gasteiger partial charge on any atom is 0.261 e. The lowest BCUT2D eigenvalue weighted by molar-refractivity contribution is -0.0286. The van der Waals surface area contributed by atoms with Crippen LogP contribution in [-0.4, -0.2) is 44.3 Å². The van der Waals surface area contributed by atoms with E-state index in [-0.39, 0.29) is 5.41 Å². The van der Waals surface area contributed by atoms with Crippen molar-refractivity contribution < 1.29 is 9.26 Å². The number of nitrogens with zero attached hydrogens (tertiary/aromatic N) is 6. The molecule has 0 bridgehead atoms. The predicted molar refractivity (Wildman–Crippen MR) is 107 cm³/mol. The summed E-state index contributed by atoms with van der Waals surface area (Å²) in [4.78, 5) is 13.5. The van der Waals surface area contributed by atoms with Crippen molar-refractivity contribution in [3.05, 3.63) is 54.4 Å². The largest absolute Gasteiger partial charge is 0.377 e. The molecule has 0 aromatic carbocycles. The Balaban J connectivity index is 1.42. The SMILES string of the molecule is C=C(N=CC)c1ccc(C2(c3noc(-c4cnn(C5COC5)c4)n3)CCC2)cn1. The summed E-state index contributed by atoms with van der Waals surface area (Å²) < 4.78 is 12.7. The topological polar surface area (TPSA) is 91.2 Å². The van der Waals surface area contributed by atoms with Gasteiger partial charge in [0.1, 0.15) is 0 Å². The number of hydrogen-bond donors (Lipinski definition) is 0. The van der Waals surface area contributed by atoms with Gasteiger partial charge in [0, 0.05) is 18.6 Å². The van der Waals surface area contributed by atoms with Gasteiger partial charge in [0.05, 0.1) is 47.8 Å². The molecule has 2 aliphatic rings. The Morgan fingerprint density at radius 3 is 2.79 bits per heavy atom. The fourth-order valence-corrected chi connectivity index (χ4v) is 3.80. The van der Waals surface area contributed by atoms with Crippen LogP contribution in [0.15, 0.2) is 46.8 Å². The normalized spacial score (nSPS) is 18.5. The van der Waals surface area contributed by atoms with Crippen molar-refractivity contribution in [3.63, 3.8) is 0 Å². The number of ether oxygens (including phenoxy) is 1. The molecule has 29 heavy (non-hydrogen) atoms. The number of aliphatic imine (C=N–C) groups is 1. The van der Waals surface area contributed by atoms with E-state index >= 15 is 0 Å². The first-order valence-electron chi connectivity index (χ1n) is 9.80. The van der Waals surface area contributed by atoms with E-state index < -0.39 is 0 Å². The van der Waals surface area contributed by atoms with Gasteiger partial charge in [-0.1, -0.05) is 24.2 Å². The number of rotatable bonds is 6. The summed E-state index contributed by atoms with van der Waals surface area (Å²) in [5, 5.41) is 8.72. The van der Waals surface area contributed by atoms with E-state index in [0.717, 1.165) is 36.1 Å². The molecular formula is C21H22N6O2. The third-order valence-corrected chi connectivity index (χ3v) is 5.80. The zero-order valence-corrected chi connectivity index (χ0v) is 16.3. The van der Waals surface area contributed by atoms with E-state index in [1.54, 1.807) is 12.4 Å². The molecule has 3 aromatic heterocycles. The summed E-state index contributed by atoms with van der Waals surface area (Å²) in [6.07, 6.45) is 10.4. The van der Waals surface area contributed by atoms with Crippen LogP contribution in [0.1, 0.15) is 49.3 Å². The van der Waals surface area contributed by atoms with Gasteiger partial charge in [-0.05, 0) is 31.4 Å². The summed E-state index contributed by atoms with van der Waals surface area (Å²) in [5.74, 6) is 1.20. The molecule has 8 nitrogen and oxygen atoms in total. The molecule has 8 heteroatoms. The molecule has 0 radical (unpaired) electrons. The molecule has 0 spiro atoms. The van der Waals surface area contributed by atoms with Gasteiger partial charge >= 0.3 is 0 Å². The monoisotopic (exact) mass is 390 g/mol. The molecule has 1 saturated carbocycles. The molecule has 0 N–H and O–H groups in total. The maximum absolute atomic E-state index is 5.59. The Bertz CT molecular complexity index is 1060. The van der Waals surface area contributed by atoms with Crippen LogP contribution in [0.3, 0.4) is 0 Å². The summed E-state index contributed by atoms with van der Waals surface area (Å²) in [6.45, 7) is 7.19. The molecule has 1 aliphatic heterocycles. The van der Waals surface area contributed by atoms with Crippen molar-refractivity contribution in [3.8, 4) is 11.5 Å². The average molecular weight is 390 g/mol. The molecule has 0 atom stereocenters. The predicted octanol–water partition coefficient (Wildman–Crippen LogP) is 3.43. The van der Waals surface area contributed by atoms with Gasteiger partial charge in [0.15, 0.2) is 5.82 Å². The van der Waals surface area contributed by atoms with Crippen LogP contribution in [0.4, 0.5) is 0 Å². The smallest absolute Gasteiger partial charge is 0.261 e. The van der Waals surface area contributed by atoms with Crippen LogP contribution in [0.25, 0.3) is 17.2 Å². The van der Waals surface area contributed by atoms with Gasteiger partial charge in [0.25, 0.3) is 5.89 Å². The van der Waals surface area contributed by atoms with Gasteiger partial charge in [0.2, 0.25) is 0 Å². The van der Waals surface area contributed by atoms with Crippen LogP contribution in [0, 0.1) is 0 Å². The van der Waals surface area contributed by atoms with Gasteiger partial charge in [-0.25, -0.2) is 0 Å². The zero-order chi connectivity index (χ0) is 19.8. The summed E-state index contributed by atoms with van der Waals surface area (Å²) >= 11 is 0. The molecule has 2 fully saturated rings. The highest BCUT2D eigenvalue weighted by Gasteiger charge is 2.45. The first-order chi connectivity index (χ1) is 14.2. The Morgan fingerprint density at radius 2 is 2.17 bits per heavy atom. The molecule has 5 rings (SSSR count). The summed E-state index contributed by atoms with van der Waals surface area (Å²) in [7, 11) is 0. The quantitative estimate of drug-likeness (QED) is 0.599. The van der Waals surface area contributed by atoms with E-state index in [2.05, 4.69) is 32.9 Å². The third-order valence-electron chi connectivity index (χ3n) is 5.80. The highest BCUT2D eigenvalue weighted by molar-refractivity contribution is 5.69. The summed E-state index contributed by atoms with van der Waals surface area (Å²) in [5.41, 5.74) is 3.09.